The molecule has 0 saturated heterocycles. The zero-order chi connectivity index (χ0) is 10.2. The standard InChI is InChI=1S/C11H21NO2/c1-3-14-8-4-7-12-11(9-13-2)10-5-6-10/h3,10-12H,1,4-9H2,2H3. The molecule has 1 aliphatic carbocycles. The first-order valence-corrected chi connectivity index (χ1v) is 5.33. The predicted molar refractivity (Wildman–Crippen MR) is 57.2 cm³/mol. The maximum Gasteiger partial charge on any atom is 0.0885 e. The minimum absolute atomic E-state index is 0.545. The van der Waals surface area contributed by atoms with Crippen LogP contribution < -0.4 is 5.32 Å². The van der Waals surface area contributed by atoms with Gasteiger partial charge in [0.25, 0.3) is 0 Å². The molecule has 1 unspecified atom stereocenters. The van der Waals surface area contributed by atoms with Gasteiger partial charge in [0.05, 0.1) is 19.5 Å². The molecule has 0 aromatic carbocycles. The Morgan fingerprint density at radius 3 is 2.93 bits per heavy atom. The molecular weight excluding hydrogens is 178 g/mol. The fraction of sp³-hybridized carbons (Fsp3) is 0.818. The largest absolute Gasteiger partial charge is 0.502 e. The summed E-state index contributed by atoms with van der Waals surface area (Å²) in [7, 11) is 1.76. The van der Waals surface area contributed by atoms with Crippen molar-refractivity contribution in [2.75, 3.05) is 26.9 Å². The van der Waals surface area contributed by atoms with E-state index < -0.39 is 0 Å². The molecule has 0 aromatic rings. The first-order valence-electron chi connectivity index (χ1n) is 5.33. The summed E-state index contributed by atoms with van der Waals surface area (Å²) in [4.78, 5) is 0. The van der Waals surface area contributed by atoms with Gasteiger partial charge in [0.15, 0.2) is 0 Å². The van der Waals surface area contributed by atoms with Gasteiger partial charge >= 0.3 is 0 Å². The van der Waals surface area contributed by atoms with E-state index in [1.807, 2.05) is 0 Å². The zero-order valence-corrected chi connectivity index (χ0v) is 9.00. The highest BCUT2D eigenvalue weighted by molar-refractivity contribution is 4.86. The molecule has 1 N–H and O–H groups in total. The van der Waals surface area contributed by atoms with E-state index in [-0.39, 0.29) is 0 Å². The Morgan fingerprint density at radius 1 is 1.57 bits per heavy atom. The third-order valence-electron chi connectivity index (χ3n) is 2.50. The SMILES string of the molecule is C=COCCCNC(COC)C1CC1. The van der Waals surface area contributed by atoms with Crippen molar-refractivity contribution in [3.05, 3.63) is 12.8 Å². The first-order chi connectivity index (χ1) is 6.88. The van der Waals surface area contributed by atoms with Crippen LogP contribution in [0.2, 0.25) is 0 Å². The fourth-order valence-corrected chi connectivity index (χ4v) is 1.57. The van der Waals surface area contributed by atoms with Crippen molar-refractivity contribution in [3.8, 4) is 0 Å². The summed E-state index contributed by atoms with van der Waals surface area (Å²) in [5.74, 6) is 0.843. The average Bonchev–Trinajstić information content (AvgIpc) is 2.99. The van der Waals surface area contributed by atoms with Crippen LogP contribution in [-0.2, 0) is 9.47 Å². The van der Waals surface area contributed by atoms with Gasteiger partial charge in [-0.2, -0.15) is 0 Å². The van der Waals surface area contributed by atoms with Crippen LogP contribution in [-0.4, -0.2) is 32.9 Å². The van der Waals surface area contributed by atoms with E-state index in [2.05, 4.69) is 11.9 Å². The third kappa shape index (κ3) is 4.63. The molecule has 1 aliphatic rings. The molecule has 0 bridgehead atoms. The Bertz CT molecular complexity index is 157. The second-order valence-electron chi connectivity index (χ2n) is 3.74. The number of ether oxygens (including phenoxy) is 2. The molecule has 3 nitrogen and oxygen atoms in total. The second kappa shape index (κ2) is 6.85. The summed E-state index contributed by atoms with van der Waals surface area (Å²) < 4.78 is 10.2. The van der Waals surface area contributed by atoms with Crippen LogP contribution in [0, 0.1) is 5.92 Å². The van der Waals surface area contributed by atoms with E-state index in [0.717, 1.165) is 32.1 Å². The van der Waals surface area contributed by atoms with E-state index in [1.54, 1.807) is 7.11 Å². The Hall–Kier alpha value is -0.540. The van der Waals surface area contributed by atoms with Crippen molar-refractivity contribution in [3.63, 3.8) is 0 Å². The van der Waals surface area contributed by atoms with Gasteiger partial charge < -0.3 is 14.8 Å². The maximum atomic E-state index is 5.17. The lowest BCUT2D eigenvalue weighted by atomic mass is 10.2. The first kappa shape index (κ1) is 11.5. The van der Waals surface area contributed by atoms with Crippen LogP contribution in [0.3, 0.4) is 0 Å². The van der Waals surface area contributed by atoms with Gasteiger partial charge in [0.1, 0.15) is 0 Å². The predicted octanol–water partition coefficient (Wildman–Crippen LogP) is 1.55. The summed E-state index contributed by atoms with van der Waals surface area (Å²) in [6.07, 6.45) is 5.22. The van der Waals surface area contributed by atoms with Crippen LogP contribution in [0.1, 0.15) is 19.3 Å². The number of methoxy groups -OCH3 is 1. The molecule has 0 radical (unpaired) electrons. The molecule has 3 heteroatoms. The molecule has 14 heavy (non-hydrogen) atoms. The Kier molecular flexibility index (Phi) is 5.64. The van der Waals surface area contributed by atoms with E-state index >= 15 is 0 Å². The van der Waals surface area contributed by atoms with E-state index in [9.17, 15) is 0 Å². The Labute approximate surface area is 86.5 Å². The smallest absolute Gasteiger partial charge is 0.0885 e. The van der Waals surface area contributed by atoms with E-state index in [1.165, 1.54) is 19.1 Å². The molecular formula is C11H21NO2. The zero-order valence-electron chi connectivity index (χ0n) is 9.00. The fourth-order valence-electron chi connectivity index (χ4n) is 1.57. The molecule has 82 valence electrons. The van der Waals surface area contributed by atoms with E-state index in [4.69, 9.17) is 9.47 Å². The number of hydrogen-bond acceptors (Lipinski definition) is 3. The third-order valence-corrected chi connectivity index (χ3v) is 2.50. The molecule has 0 heterocycles. The number of hydrogen-bond donors (Lipinski definition) is 1. The van der Waals surface area contributed by atoms with Gasteiger partial charge in [0, 0.05) is 13.2 Å². The Balaban J connectivity index is 1.98. The van der Waals surface area contributed by atoms with Crippen LogP contribution in [0.25, 0.3) is 0 Å². The topological polar surface area (TPSA) is 30.5 Å². The average molecular weight is 199 g/mol. The van der Waals surface area contributed by atoms with Crippen molar-refractivity contribution in [2.24, 2.45) is 5.92 Å². The van der Waals surface area contributed by atoms with Crippen LogP contribution >= 0.6 is 0 Å². The van der Waals surface area contributed by atoms with Gasteiger partial charge in [-0.15, -0.1) is 0 Å². The number of nitrogens with one attached hydrogen (secondary N) is 1. The monoisotopic (exact) mass is 199 g/mol. The van der Waals surface area contributed by atoms with Crippen LogP contribution in [0.15, 0.2) is 12.8 Å². The lowest BCUT2D eigenvalue weighted by Gasteiger charge is -2.16. The highest BCUT2D eigenvalue weighted by atomic mass is 16.5. The Morgan fingerprint density at radius 2 is 2.36 bits per heavy atom. The van der Waals surface area contributed by atoms with Crippen molar-refractivity contribution in [2.45, 2.75) is 25.3 Å². The van der Waals surface area contributed by atoms with Gasteiger partial charge in [-0.05, 0) is 31.7 Å². The van der Waals surface area contributed by atoms with Crippen molar-refractivity contribution >= 4 is 0 Å². The van der Waals surface area contributed by atoms with E-state index in [0.29, 0.717) is 6.04 Å². The highest BCUT2D eigenvalue weighted by Gasteiger charge is 2.30. The molecule has 0 amide bonds. The van der Waals surface area contributed by atoms with Crippen molar-refractivity contribution in [1.82, 2.24) is 5.32 Å². The minimum Gasteiger partial charge on any atom is -0.502 e. The van der Waals surface area contributed by atoms with Gasteiger partial charge in [-0.1, -0.05) is 6.58 Å². The maximum absolute atomic E-state index is 5.17. The normalized spacial score (nSPS) is 17.8. The van der Waals surface area contributed by atoms with Gasteiger partial charge in [-0.3, -0.25) is 0 Å². The lowest BCUT2D eigenvalue weighted by molar-refractivity contribution is 0.155. The summed E-state index contributed by atoms with van der Waals surface area (Å²) in [5, 5.41) is 3.50. The summed E-state index contributed by atoms with van der Waals surface area (Å²) in [6.45, 7) is 6.07. The van der Waals surface area contributed by atoms with Crippen molar-refractivity contribution in [1.29, 1.82) is 0 Å². The van der Waals surface area contributed by atoms with Crippen molar-refractivity contribution < 1.29 is 9.47 Å². The molecule has 0 spiro atoms. The highest BCUT2D eigenvalue weighted by Crippen LogP contribution is 2.32. The van der Waals surface area contributed by atoms with Crippen LogP contribution in [0.5, 0.6) is 0 Å². The molecule has 1 atom stereocenters. The minimum atomic E-state index is 0.545. The molecule has 1 rings (SSSR count). The molecule has 0 aliphatic heterocycles. The van der Waals surface area contributed by atoms with Gasteiger partial charge in [0.2, 0.25) is 0 Å². The quantitative estimate of drug-likeness (QED) is 0.451. The summed E-state index contributed by atoms with van der Waals surface area (Å²) in [5.41, 5.74) is 0. The number of rotatable bonds is 9. The lowest BCUT2D eigenvalue weighted by Crippen LogP contribution is -2.36. The second-order valence-corrected chi connectivity index (χ2v) is 3.74. The van der Waals surface area contributed by atoms with Crippen LogP contribution in [0.4, 0.5) is 0 Å². The molecule has 0 aromatic heterocycles. The molecule has 1 fully saturated rings. The summed E-state index contributed by atoms with van der Waals surface area (Å²) >= 11 is 0. The molecule has 1 saturated carbocycles. The van der Waals surface area contributed by atoms with Gasteiger partial charge in [-0.25, -0.2) is 0 Å². The summed E-state index contributed by atoms with van der Waals surface area (Å²) in [6, 6.07) is 0.545.